The van der Waals surface area contributed by atoms with Crippen molar-refractivity contribution in [1.82, 2.24) is 15.3 Å². The summed E-state index contributed by atoms with van der Waals surface area (Å²) in [4.78, 5) is 31.4. The first-order valence-electron chi connectivity index (χ1n) is 8.17. The zero-order valence-electron chi connectivity index (χ0n) is 14.5. The van der Waals surface area contributed by atoms with Crippen LogP contribution in [0.4, 0.5) is 16.3 Å². The highest BCUT2D eigenvalue weighted by Crippen LogP contribution is 2.28. The molecule has 0 spiro atoms. The lowest BCUT2D eigenvalue weighted by Gasteiger charge is -2.23. The molecule has 3 N–H and O–H groups in total. The van der Waals surface area contributed by atoms with Crippen LogP contribution < -0.4 is 20.7 Å². The Morgan fingerprint density at radius 3 is 2.93 bits per heavy atom. The molecule has 3 rings (SSSR count). The Hall–Kier alpha value is -2.91. The van der Waals surface area contributed by atoms with Crippen molar-refractivity contribution in [3.63, 3.8) is 0 Å². The van der Waals surface area contributed by atoms with Crippen molar-refractivity contribution in [2.45, 2.75) is 13.0 Å². The smallest absolute Gasteiger partial charge is 0.325 e. The monoisotopic (exact) mass is 391 g/mol. The number of morpholine rings is 1. The molecule has 0 aliphatic carbocycles. The molecule has 1 saturated heterocycles. The number of halogens is 1. The van der Waals surface area contributed by atoms with Crippen molar-refractivity contribution in [2.24, 2.45) is 0 Å². The number of hydrogen-bond donors (Lipinski definition) is 3. The molecule has 0 radical (unpaired) electrons. The number of amides is 3. The lowest BCUT2D eigenvalue weighted by atomic mass is 10.3. The fourth-order valence-corrected chi connectivity index (χ4v) is 2.45. The van der Waals surface area contributed by atoms with Gasteiger partial charge in [-0.15, -0.1) is 0 Å². The molecule has 3 amide bonds. The van der Waals surface area contributed by atoms with E-state index in [2.05, 4.69) is 25.9 Å². The predicted octanol–water partition coefficient (Wildman–Crippen LogP) is 1.98. The van der Waals surface area contributed by atoms with E-state index in [4.69, 9.17) is 21.1 Å². The Bertz CT molecular complexity index is 821. The SMILES string of the molecule is Cc1cnc(NC(=O)Nc2cc(Cl)ccc2OC[C@@H]2CNC(=O)CO2)cn1. The second-order valence-corrected chi connectivity index (χ2v) is 6.25. The number of carbonyl (C=O) groups is 2. The van der Waals surface area contributed by atoms with E-state index in [1.807, 2.05) is 0 Å². The molecule has 142 valence electrons. The van der Waals surface area contributed by atoms with Gasteiger partial charge < -0.3 is 20.1 Å². The molecule has 0 bridgehead atoms. The van der Waals surface area contributed by atoms with Crippen molar-refractivity contribution in [3.8, 4) is 5.75 Å². The van der Waals surface area contributed by atoms with Crippen molar-refractivity contribution in [2.75, 3.05) is 30.4 Å². The van der Waals surface area contributed by atoms with Crippen LogP contribution in [0.5, 0.6) is 5.75 Å². The Kier molecular flexibility index (Phi) is 6.05. The summed E-state index contributed by atoms with van der Waals surface area (Å²) in [7, 11) is 0. The van der Waals surface area contributed by atoms with Gasteiger partial charge in [-0.3, -0.25) is 15.1 Å². The van der Waals surface area contributed by atoms with Crippen LogP contribution in [0.15, 0.2) is 30.6 Å². The summed E-state index contributed by atoms with van der Waals surface area (Å²) < 4.78 is 11.1. The minimum Gasteiger partial charge on any atom is -0.489 e. The predicted molar refractivity (Wildman–Crippen MR) is 99.1 cm³/mol. The van der Waals surface area contributed by atoms with Crippen LogP contribution in [0, 0.1) is 6.92 Å². The van der Waals surface area contributed by atoms with Gasteiger partial charge in [0.15, 0.2) is 5.82 Å². The molecule has 1 aliphatic rings. The number of nitrogens with one attached hydrogen (secondary N) is 3. The number of hydrogen-bond acceptors (Lipinski definition) is 6. The average molecular weight is 392 g/mol. The molecule has 1 atom stereocenters. The van der Waals surface area contributed by atoms with E-state index < -0.39 is 6.03 Å². The normalized spacial score (nSPS) is 16.4. The fraction of sp³-hybridized carbons (Fsp3) is 0.294. The van der Waals surface area contributed by atoms with E-state index in [1.54, 1.807) is 31.3 Å². The largest absolute Gasteiger partial charge is 0.489 e. The van der Waals surface area contributed by atoms with Crippen molar-refractivity contribution in [3.05, 3.63) is 41.3 Å². The molecule has 27 heavy (non-hydrogen) atoms. The number of nitrogens with zero attached hydrogens (tertiary/aromatic N) is 2. The maximum absolute atomic E-state index is 12.2. The van der Waals surface area contributed by atoms with Gasteiger partial charge in [0.25, 0.3) is 0 Å². The van der Waals surface area contributed by atoms with Gasteiger partial charge in [-0.25, -0.2) is 9.78 Å². The maximum atomic E-state index is 12.2. The zero-order chi connectivity index (χ0) is 19.2. The Morgan fingerprint density at radius 2 is 2.22 bits per heavy atom. The van der Waals surface area contributed by atoms with Crippen molar-refractivity contribution >= 4 is 35.0 Å². The minimum atomic E-state index is -0.513. The van der Waals surface area contributed by atoms with Crippen molar-refractivity contribution in [1.29, 1.82) is 0 Å². The third-order valence-corrected chi connectivity index (χ3v) is 3.85. The van der Waals surface area contributed by atoms with E-state index in [9.17, 15) is 9.59 Å². The third kappa shape index (κ3) is 5.53. The number of urea groups is 1. The summed E-state index contributed by atoms with van der Waals surface area (Å²) in [6, 6.07) is 4.35. The molecule has 1 aliphatic heterocycles. The van der Waals surface area contributed by atoms with E-state index in [0.29, 0.717) is 28.8 Å². The zero-order valence-corrected chi connectivity index (χ0v) is 15.2. The maximum Gasteiger partial charge on any atom is 0.325 e. The number of aromatic nitrogens is 2. The van der Waals surface area contributed by atoms with E-state index in [1.165, 1.54) is 6.20 Å². The van der Waals surface area contributed by atoms with Gasteiger partial charge >= 0.3 is 6.03 Å². The van der Waals surface area contributed by atoms with Crippen LogP contribution in [0.2, 0.25) is 5.02 Å². The average Bonchev–Trinajstić information content (AvgIpc) is 2.64. The number of aryl methyl sites for hydroxylation is 1. The summed E-state index contributed by atoms with van der Waals surface area (Å²) in [6.45, 7) is 2.37. The highest BCUT2D eigenvalue weighted by molar-refractivity contribution is 6.31. The quantitative estimate of drug-likeness (QED) is 0.718. The lowest BCUT2D eigenvalue weighted by Crippen LogP contribution is -2.45. The number of carbonyl (C=O) groups excluding carboxylic acids is 2. The molecule has 2 heterocycles. The lowest BCUT2D eigenvalue weighted by molar-refractivity contribution is -0.134. The summed E-state index contributed by atoms with van der Waals surface area (Å²) >= 11 is 6.02. The third-order valence-electron chi connectivity index (χ3n) is 3.61. The number of anilines is 2. The van der Waals surface area contributed by atoms with E-state index in [0.717, 1.165) is 5.69 Å². The number of ether oxygens (including phenoxy) is 2. The second kappa shape index (κ2) is 8.65. The van der Waals surface area contributed by atoms with Crippen LogP contribution >= 0.6 is 11.6 Å². The Labute approximate surface area is 160 Å². The molecule has 1 aromatic carbocycles. The molecule has 9 nitrogen and oxygen atoms in total. The van der Waals surface area contributed by atoms with Gasteiger partial charge in [0.1, 0.15) is 25.1 Å². The molecular weight excluding hydrogens is 374 g/mol. The minimum absolute atomic E-state index is 0.000255. The molecule has 1 aromatic heterocycles. The second-order valence-electron chi connectivity index (χ2n) is 5.81. The van der Waals surface area contributed by atoms with E-state index >= 15 is 0 Å². The van der Waals surface area contributed by atoms with Gasteiger partial charge in [-0.05, 0) is 25.1 Å². The van der Waals surface area contributed by atoms with Gasteiger partial charge in [0, 0.05) is 11.6 Å². The summed E-state index contributed by atoms with van der Waals surface area (Å²) in [6.07, 6.45) is 2.73. The molecule has 2 aromatic rings. The highest BCUT2D eigenvalue weighted by atomic mass is 35.5. The number of rotatable bonds is 5. The van der Waals surface area contributed by atoms with Crippen LogP contribution in [0.3, 0.4) is 0 Å². The molecule has 0 unspecified atom stereocenters. The number of benzene rings is 1. The fourth-order valence-electron chi connectivity index (χ4n) is 2.27. The standard InChI is InChI=1S/C17H18ClN5O4/c1-10-5-20-15(7-19-10)23-17(25)22-13-4-11(18)2-3-14(13)27-8-12-6-21-16(24)9-26-12/h2-5,7,12H,6,8-9H2,1H3,(H,21,24)(H2,20,22,23,25)/t12-/m0/s1. The van der Waals surface area contributed by atoms with E-state index in [-0.39, 0.29) is 25.2 Å². The molecule has 10 heteroatoms. The first kappa shape index (κ1) is 18.9. The van der Waals surface area contributed by atoms with Gasteiger partial charge in [0.05, 0.1) is 23.8 Å². The molecule has 1 fully saturated rings. The van der Waals surface area contributed by atoms with Gasteiger partial charge in [0.2, 0.25) is 5.91 Å². The first-order chi connectivity index (χ1) is 13.0. The van der Waals surface area contributed by atoms with Gasteiger partial charge in [-0.1, -0.05) is 11.6 Å². The summed E-state index contributed by atoms with van der Waals surface area (Å²) in [5.74, 6) is 0.579. The Balaban J connectivity index is 1.61. The summed E-state index contributed by atoms with van der Waals surface area (Å²) in [5, 5.41) is 8.39. The van der Waals surface area contributed by atoms with Crippen molar-refractivity contribution < 1.29 is 19.1 Å². The first-order valence-corrected chi connectivity index (χ1v) is 8.54. The summed E-state index contributed by atoms with van der Waals surface area (Å²) in [5.41, 5.74) is 1.13. The van der Waals surface area contributed by atoms with Crippen LogP contribution in [0.1, 0.15) is 5.69 Å². The van der Waals surface area contributed by atoms with Crippen LogP contribution in [-0.2, 0) is 9.53 Å². The topological polar surface area (TPSA) is 114 Å². The highest BCUT2D eigenvalue weighted by Gasteiger charge is 2.19. The van der Waals surface area contributed by atoms with Crippen LogP contribution in [-0.4, -0.2) is 47.8 Å². The van der Waals surface area contributed by atoms with Gasteiger partial charge in [-0.2, -0.15) is 0 Å². The molecule has 0 saturated carbocycles. The van der Waals surface area contributed by atoms with Crippen LogP contribution in [0.25, 0.3) is 0 Å². The molecular formula is C17H18ClN5O4. The Morgan fingerprint density at radius 1 is 1.37 bits per heavy atom.